The highest BCUT2D eigenvalue weighted by Crippen LogP contribution is 2.26. The van der Waals surface area contributed by atoms with E-state index in [1.54, 1.807) is 0 Å². The quantitative estimate of drug-likeness (QED) is 0.344. The highest BCUT2D eigenvalue weighted by atomic mass is 16.2. The van der Waals surface area contributed by atoms with Crippen LogP contribution in [0.5, 0.6) is 0 Å². The standard InChI is InChI=1S/C36H57N7O4/c1-29(6-9-35(46)37-28-45)38(2)26-32-24-34(8-7-31(32)27-44)41-22-20-39(21-23-41)25-30-10-16-42(17-11-30)36(47)43-18-12-33(13-19-43)40-14-4-3-5-15-40/h7-8,24,27-30,33H,3-6,9-23,25-26H2,1-2H3,(H,37,45,46). The van der Waals surface area contributed by atoms with Gasteiger partial charge in [0.25, 0.3) is 0 Å². The first-order valence-electron chi connectivity index (χ1n) is 18.1. The second-order valence-corrected chi connectivity index (χ2v) is 14.3. The zero-order chi connectivity index (χ0) is 33.2. The molecule has 0 radical (unpaired) electrons. The van der Waals surface area contributed by atoms with Crippen LogP contribution in [0.25, 0.3) is 0 Å². The van der Waals surface area contributed by atoms with Gasteiger partial charge in [-0.1, -0.05) is 6.42 Å². The number of nitrogens with one attached hydrogen (secondary N) is 1. The molecule has 1 N–H and O–H groups in total. The molecule has 4 aliphatic rings. The predicted molar refractivity (Wildman–Crippen MR) is 185 cm³/mol. The van der Waals surface area contributed by atoms with Crippen LogP contribution in [0.15, 0.2) is 18.2 Å². The van der Waals surface area contributed by atoms with Gasteiger partial charge in [0, 0.05) is 95.2 Å². The van der Waals surface area contributed by atoms with E-state index >= 15 is 0 Å². The van der Waals surface area contributed by atoms with Crippen molar-refractivity contribution in [3.05, 3.63) is 29.3 Å². The Morgan fingerprint density at radius 3 is 2.19 bits per heavy atom. The molecule has 11 nitrogen and oxygen atoms in total. The maximum atomic E-state index is 13.3. The number of aldehydes is 1. The van der Waals surface area contributed by atoms with Crippen LogP contribution < -0.4 is 10.2 Å². The lowest BCUT2D eigenvalue weighted by Gasteiger charge is -2.43. The minimum absolute atomic E-state index is 0.117. The van der Waals surface area contributed by atoms with Crippen molar-refractivity contribution in [1.29, 1.82) is 0 Å². The summed E-state index contributed by atoms with van der Waals surface area (Å²) >= 11 is 0. The van der Waals surface area contributed by atoms with Crippen LogP contribution in [0.4, 0.5) is 10.5 Å². The summed E-state index contributed by atoms with van der Waals surface area (Å²) in [5, 5.41) is 2.19. The van der Waals surface area contributed by atoms with E-state index in [9.17, 15) is 19.2 Å². The zero-order valence-corrected chi connectivity index (χ0v) is 28.8. The van der Waals surface area contributed by atoms with Gasteiger partial charge in [0.2, 0.25) is 12.3 Å². The fraction of sp³-hybridized carbons (Fsp3) is 0.722. The summed E-state index contributed by atoms with van der Waals surface area (Å²) in [6.45, 7) is 13.7. The van der Waals surface area contributed by atoms with Crippen molar-refractivity contribution in [3.8, 4) is 0 Å². The fourth-order valence-electron chi connectivity index (χ4n) is 7.93. The van der Waals surface area contributed by atoms with Crippen LogP contribution in [-0.4, -0.2) is 140 Å². The number of nitrogens with zero attached hydrogens (tertiary/aromatic N) is 6. The summed E-state index contributed by atoms with van der Waals surface area (Å²) in [6, 6.07) is 7.17. The van der Waals surface area contributed by atoms with E-state index in [1.165, 1.54) is 32.4 Å². The first-order chi connectivity index (χ1) is 22.8. The smallest absolute Gasteiger partial charge is 0.319 e. The lowest BCUT2D eigenvalue weighted by atomic mass is 9.95. The van der Waals surface area contributed by atoms with Gasteiger partial charge in [-0.3, -0.25) is 29.5 Å². The molecule has 11 heteroatoms. The van der Waals surface area contributed by atoms with Gasteiger partial charge >= 0.3 is 6.03 Å². The number of benzene rings is 1. The molecule has 4 saturated heterocycles. The fourth-order valence-corrected chi connectivity index (χ4v) is 7.93. The summed E-state index contributed by atoms with van der Waals surface area (Å²) in [6.07, 6.45) is 10.7. The number of hydrogen-bond acceptors (Lipinski definition) is 8. The average molecular weight is 652 g/mol. The molecule has 1 aromatic carbocycles. The first kappa shape index (κ1) is 35.3. The number of amides is 4. The first-order valence-corrected chi connectivity index (χ1v) is 18.1. The van der Waals surface area contributed by atoms with Crippen LogP contribution >= 0.6 is 0 Å². The Morgan fingerprint density at radius 2 is 1.55 bits per heavy atom. The molecule has 4 aliphatic heterocycles. The van der Waals surface area contributed by atoms with Crippen LogP contribution in [0.1, 0.15) is 80.6 Å². The van der Waals surface area contributed by atoms with Crippen LogP contribution in [0, 0.1) is 5.92 Å². The molecule has 4 amide bonds. The van der Waals surface area contributed by atoms with E-state index in [2.05, 4.69) is 53.8 Å². The molecule has 4 fully saturated rings. The molecule has 260 valence electrons. The lowest BCUT2D eigenvalue weighted by molar-refractivity contribution is -0.125. The molecule has 47 heavy (non-hydrogen) atoms. The molecule has 0 saturated carbocycles. The molecular weight excluding hydrogens is 594 g/mol. The van der Waals surface area contributed by atoms with Gasteiger partial charge in [0.1, 0.15) is 6.29 Å². The van der Waals surface area contributed by atoms with Gasteiger partial charge in [0.05, 0.1) is 0 Å². The third-order valence-corrected chi connectivity index (χ3v) is 11.2. The monoisotopic (exact) mass is 651 g/mol. The molecule has 5 rings (SSSR count). The minimum atomic E-state index is -0.274. The van der Waals surface area contributed by atoms with Crippen molar-refractivity contribution in [1.82, 2.24) is 29.8 Å². The highest BCUT2D eigenvalue weighted by Gasteiger charge is 2.32. The average Bonchev–Trinajstić information content (AvgIpc) is 3.11. The number of carbonyl (C=O) groups excluding carboxylic acids is 4. The van der Waals surface area contributed by atoms with Crippen molar-refractivity contribution in [3.63, 3.8) is 0 Å². The van der Waals surface area contributed by atoms with E-state index in [4.69, 9.17) is 0 Å². The Bertz CT molecular complexity index is 1180. The molecule has 0 bridgehead atoms. The number of piperidine rings is 3. The van der Waals surface area contributed by atoms with Crippen molar-refractivity contribution < 1.29 is 19.2 Å². The molecule has 0 aliphatic carbocycles. The van der Waals surface area contributed by atoms with Gasteiger partial charge in [0.15, 0.2) is 0 Å². The molecule has 1 aromatic rings. The molecule has 4 heterocycles. The van der Waals surface area contributed by atoms with Crippen molar-refractivity contribution in [2.24, 2.45) is 5.92 Å². The van der Waals surface area contributed by atoms with Gasteiger partial charge in [-0.2, -0.15) is 0 Å². The number of urea groups is 1. The summed E-state index contributed by atoms with van der Waals surface area (Å²) in [7, 11) is 2.00. The molecule has 0 spiro atoms. The number of anilines is 1. The summed E-state index contributed by atoms with van der Waals surface area (Å²) < 4.78 is 0. The third-order valence-electron chi connectivity index (χ3n) is 11.2. The Kier molecular flexibility index (Phi) is 13.1. The van der Waals surface area contributed by atoms with E-state index in [-0.39, 0.29) is 24.4 Å². The Morgan fingerprint density at radius 1 is 0.894 bits per heavy atom. The van der Waals surface area contributed by atoms with E-state index in [0.717, 1.165) is 102 Å². The number of piperazine rings is 1. The second-order valence-electron chi connectivity index (χ2n) is 14.3. The maximum absolute atomic E-state index is 13.3. The SMILES string of the molecule is CC(CCC(=O)NC=O)N(C)Cc1cc(N2CCN(CC3CCN(C(=O)N4CCC(N5CCCCC5)CC4)CC3)CC2)ccc1C=O. The van der Waals surface area contributed by atoms with Gasteiger partial charge in [-0.15, -0.1) is 0 Å². The van der Waals surface area contributed by atoms with Crippen LogP contribution in [0.3, 0.4) is 0 Å². The van der Waals surface area contributed by atoms with E-state index in [1.807, 2.05) is 13.1 Å². The highest BCUT2D eigenvalue weighted by molar-refractivity contribution is 5.85. The Labute approximate surface area is 281 Å². The number of hydrogen-bond donors (Lipinski definition) is 1. The van der Waals surface area contributed by atoms with E-state index in [0.29, 0.717) is 36.9 Å². The summed E-state index contributed by atoms with van der Waals surface area (Å²) in [4.78, 5) is 61.4. The summed E-state index contributed by atoms with van der Waals surface area (Å²) in [5.74, 6) is 0.361. The molecule has 1 atom stereocenters. The topological polar surface area (TPSA) is 99.8 Å². The molecule has 1 unspecified atom stereocenters. The predicted octanol–water partition coefficient (Wildman–Crippen LogP) is 3.28. The second kappa shape index (κ2) is 17.4. The Hall–Kier alpha value is -3.02. The van der Waals surface area contributed by atoms with Gasteiger partial charge in [-0.25, -0.2) is 4.79 Å². The largest absolute Gasteiger partial charge is 0.369 e. The van der Waals surface area contributed by atoms with Crippen molar-refractivity contribution in [2.45, 2.75) is 83.3 Å². The number of likely N-dealkylation sites (tertiary alicyclic amines) is 3. The van der Waals surface area contributed by atoms with Crippen molar-refractivity contribution in [2.75, 3.05) is 83.9 Å². The van der Waals surface area contributed by atoms with Gasteiger partial charge < -0.3 is 19.6 Å². The normalized spacial score (nSPS) is 21.6. The number of rotatable bonds is 12. The summed E-state index contributed by atoms with van der Waals surface area (Å²) in [5.41, 5.74) is 2.82. The van der Waals surface area contributed by atoms with Crippen LogP contribution in [-0.2, 0) is 16.1 Å². The number of imide groups is 1. The van der Waals surface area contributed by atoms with Crippen LogP contribution in [0.2, 0.25) is 0 Å². The molecular formula is C36H57N7O4. The van der Waals surface area contributed by atoms with Crippen molar-refractivity contribution >= 4 is 30.3 Å². The lowest BCUT2D eigenvalue weighted by Crippen LogP contribution is -2.53. The number of carbonyl (C=O) groups is 4. The van der Waals surface area contributed by atoms with Gasteiger partial charge in [-0.05, 0) is 102 Å². The Balaban J connectivity index is 1.03. The zero-order valence-electron chi connectivity index (χ0n) is 28.8. The molecule has 0 aromatic heterocycles. The third kappa shape index (κ3) is 9.76. The minimum Gasteiger partial charge on any atom is -0.369 e. The van der Waals surface area contributed by atoms with E-state index < -0.39 is 0 Å². The maximum Gasteiger partial charge on any atom is 0.319 e.